The highest BCUT2D eigenvalue weighted by atomic mass is 35.5. The number of hydrogen-bond acceptors (Lipinski definition) is 3. The molecular weight excluding hydrogens is 190 g/mol. The van der Waals surface area contributed by atoms with E-state index in [0.29, 0.717) is 16.3 Å². The Labute approximate surface area is 81.0 Å². The van der Waals surface area contributed by atoms with Crippen LogP contribution < -0.4 is 16.6 Å². The molecule has 0 aliphatic heterocycles. The summed E-state index contributed by atoms with van der Waals surface area (Å²) in [6, 6.07) is 4.85. The molecule has 0 fully saturated rings. The lowest BCUT2D eigenvalue weighted by Crippen LogP contribution is -2.21. The summed E-state index contributed by atoms with van der Waals surface area (Å²) in [7, 11) is 1.55. The Morgan fingerprint density at radius 2 is 2.23 bits per heavy atom. The van der Waals surface area contributed by atoms with E-state index in [0.717, 1.165) is 0 Å². The SMILES string of the molecule is CNC(=O)c1cc(Cl)ccc1NN. The second kappa shape index (κ2) is 4.11. The Morgan fingerprint density at radius 1 is 1.54 bits per heavy atom. The summed E-state index contributed by atoms with van der Waals surface area (Å²) in [6.45, 7) is 0. The van der Waals surface area contributed by atoms with Gasteiger partial charge in [-0.05, 0) is 18.2 Å². The maximum absolute atomic E-state index is 11.3. The predicted molar refractivity (Wildman–Crippen MR) is 52.7 cm³/mol. The molecule has 1 amide bonds. The summed E-state index contributed by atoms with van der Waals surface area (Å²) in [5.41, 5.74) is 3.39. The Kier molecular flexibility index (Phi) is 3.11. The molecule has 0 aromatic heterocycles. The number of anilines is 1. The molecule has 0 spiro atoms. The fraction of sp³-hybridized carbons (Fsp3) is 0.125. The van der Waals surface area contributed by atoms with Crippen LogP contribution in [0.1, 0.15) is 10.4 Å². The van der Waals surface area contributed by atoms with Crippen molar-refractivity contribution < 1.29 is 4.79 Å². The van der Waals surface area contributed by atoms with Crippen molar-refractivity contribution >= 4 is 23.2 Å². The van der Waals surface area contributed by atoms with Crippen molar-refractivity contribution in [2.75, 3.05) is 12.5 Å². The van der Waals surface area contributed by atoms with Gasteiger partial charge in [0.05, 0.1) is 11.3 Å². The summed E-state index contributed by atoms with van der Waals surface area (Å²) < 4.78 is 0. The van der Waals surface area contributed by atoms with Crippen LogP contribution in [0.3, 0.4) is 0 Å². The van der Waals surface area contributed by atoms with Gasteiger partial charge in [-0.3, -0.25) is 10.6 Å². The first-order valence-electron chi connectivity index (χ1n) is 3.67. The van der Waals surface area contributed by atoms with Crippen LogP contribution in [0, 0.1) is 0 Å². The van der Waals surface area contributed by atoms with E-state index >= 15 is 0 Å². The standard InChI is InChI=1S/C8H10ClN3O/c1-11-8(13)6-4-5(9)2-3-7(6)12-10/h2-4,12H,10H2,1H3,(H,11,13). The molecule has 0 heterocycles. The van der Waals surface area contributed by atoms with Gasteiger partial charge in [0.1, 0.15) is 0 Å². The number of carbonyl (C=O) groups excluding carboxylic acids is 1. The summed E-state index contributed by atoms with van der Waals surface area (Å²) in [5.74, 6) is 4.99. The number of halogens is 1. The predicted octanol–water partition coefficient (Wildman–Crippen LogP) is 0.985. The quantitative estimate of drug-likeness (QED) is 0.492. The Bertz CT molecular complexity index is 327. The van der Waals surface area contributed by atoms with Crippen molar-refractivity contribution in [2.45, 2.75) is 0 Å². The van der Waals surface area contributed by atoms with E-state index in [4.69, 9.17) is 17.4 Å². The van der Waals surface area contributed by atoms with Gasteiger partial charge >= 0.3 is 0 Å². The minimum absolute atomic E-state index is 0.226. The first-order chi connectivity index (χ1) is 6.19. The fourth-order valence-corrected chi connectivity index (χ4v) is 1.14. The highest BCUT2D eigenvalue weighted by Gasteiger charge is 2.08. The van der Waals surface area contributed by atoms with Crippen molar-refractivity contribution in [2.24, 2.45) is 5.84 Å². The molecule has 0 radical (unpaired) electrons. The molecule has 13 heavy (non-hydrogen) atoms. The lowest BCUT2D eigenvalue weighted by Gasteiger charge is -2.07. The van der Waals surface area contributed by atoms with Gasteiger partial charge < -0.3 is 10.7 Å². The third kappa shape index (κ3) is 2.11. The van der Waals surface area contributed by atoms with E-state index < -0.39 is 0 Å². The molecule has 0 unspecified atom stereocenters. The number of rotatable bonds is 2. The summed E-state index contributed by atoms with van der Waals surface area (Å²) in [5, 5.41) is 2.99. The normalized spacial score (nSPS) is 9.46. The molecule has 0 saturated heterocycles. The van der Waals surface area contributed by atoms with Crippen LogP contribution in [0.2, 0.25) is 5.02 Å². The monoisotopic (exact) mass is 199 g/mol. The molecule has 0 aliphatic carbocycles. The fourth-order valence-electron chi connectivity index (χ4n) is 0.965. The molecular formula is C8H10ClN3O. The zero-order chi connectivity index (χ0) is 9.84. The van der Waals surface area contributed by atoms with Crippen LogP contribution in [0.15, 0.2) is 18.2 Å². The van der Waals surface area contributed by atoms with E-state index in [1.165, 1.54) is 0 Å². The molecule has 1 aromatic carbocycles. The highest BCUT2D eigenvalue weighted by molar-refractivity contribution is 6.31. The molecule has 5 heteroatoms. The van der Waals surface area contributed by atoms with Crippen LogP contribution in [0.25, 0.3) is 0 Å². The van der Waals surface area contributed by atoms with Crippen molar-refractivity contribution in [3.63, 3.8) is 0 Å². The molecule has 0 bridgehead atoms. The Balaban J connectivity index is 3.15. The van der Waals surface area contributed by atoms with Gasteiger partial charge in [0.25, 0.3) is 5.91 Å². The molecule has 0 saturated carbocycles. The number of hydrogen-bond donors (Lipinski definition) is 3. The maximum atomic E-state index is 11.3. The van der Waals surface area contributed by atoms with E-state index in [2.05, 4.69) is 10.7 Å². The minimum atomic E-state index is -0.226. The van der Waals surface area contributed by atoms with E-state index in [1.807, 2.05) is 0 Å². The minimum Gasteiger partial charge on any atom is -0.355 e. The zero-order valence-electron chi connectivity index (χ0n) is 7.10. The molecule has 4 nitrogen and oxygen atoms in total. The summed E-state index contributed by atoms with van der Waals surface area (Å²) in [4.78, 5) is 11.3. The maximum Gasteiger partial charge on any atom is 0.253 e. The number of carbonyl (C=O) groups is 1. The lowest BCUT2D eigenvalue weighted by molar-refractivity contribution is 0.0964. The number of nitrogens with one attached hydrogen (secondary N) is 2. The molecule has 0 atom stereocenters. The molecule has 1 aromatic rings. The van der Waals surface area contributed by atoms with Crippen molar-refractivity contribution in [3.05, 3.63) is 28.8 Å². The first kappa shape index (κ1) is 9.83. The number of nitrogens with two attached hydrogens (primary N) is 1. The van der Waals surface area contributed by atoms with Gasteiger partial charge in [-0.15, -0.1) is 0 Å². The smallest absolute Gasteiger partial charge is 0.253 e. The van der Waals surface area contributed by atoms with Gasteiger partial charge in [0.2, 0.25) is 0 Å². The van der Waals surface area contributed by atoms with E-state index in [9.17, 15) is 4.79 Å². The van der Waals surface area contributed by atoms with E-state index in [-0.39, 0.29) is 5.91 Å². The molecule has 4 N–H and O–H groups in total. The Morgan fingerprint density at radius 3 is 2.77 bits per heavy atom. The molecule has 70 valence electrons. The molecule has 0 aliphatic rings. The molecule has 1 rings (SSSR count). The van der Waals surface area contributed by atoms with Crippen molar-refractivity contribution in [1.29, 1.82) is 0 Å². The van der Waals surface area contributed by atoms with Crippen molar-refractivity contribution in [3.8, 4) is 0 Å². The summed E-state index contributed by atoms with van der Waals surface area (Å²) in [6.07, 6.45) is 0. The van der Waals surface area contributed by atoms with Gasteiger partial charge in [0, 0.05) is 12.1 Å². The zero-order valence-corrected chi connectivity index (χ0v) is 7.85. The topological polar surface area (TPSA) is 67.2 Å². The third-order valence-corrected chi connectivity index (χ3v) is 1.84. The number of amides is 1. The Hall–Kier alpha value is -1.26. The number of hydrazine groups is 1. The largest absolute Gasteiger partial charge is 0.355 e. The first-order valence-corrected chi connectivity index (χ1v) is 4.05. The van der Waals surface area contributed by atoms with Crippen LogP contribution in [-0.2, 0) is 0 Å². The van der Waals surface area contributed by atoms with Gasteiger partial charge in [-0.1, -0.05) is 11.6 Å². The van der Waals surface area contributed by atoms with Gasteiger partial charge in [-0.2, -0.15) is 0 Å². The second-order valence-corrected chi connectivity index (χ2v) is 2.85. The average Bonchev–Trinajstić information content (AvgIpc) is 2.16. The highest BCUT2D eigenvalue weighted by Crippen LogP contribution is 2.19. The van der Waals surface area contributed by atoms with E-state index in [1.54, 1.807) is 25.2 Å². The van der Waals surface area contributed by atoms with Gasteiger partial charge in [-0.25, -0.2) is 0 Å². The van der Waals surface area contributed by atoms with Crippen LogP contribution in [-0.4, -0.2) is 13.0 Å². The average molecular weight is 200 g/mol. The third-order valence-electron chi connectivity index (χ3n) is 1.61. The lowest BCUT2D eigenvalue weighted by atomic mass is 10.1. The second-order valence-electron chi connectivity index (χ2n) is 2.41. The van der Waals surface area contributed by atoms with Crippen molar-refractivity contribution in [1.82, 2.24) is 5.32 Å². The number of benzene rings is 1. The number of nitrogen functional groups attached to an aromatic ring is 1. The van der Waals surface area contributed by atoms with Crippen LogP contribution in [0.4, 0.5) is 5.69 Å². The van der Waals surface area contributed by atoms with Crippen LogP contribution in [0.5, 0.6) is 0 Å². The van der Waals surface area contributed by atoms with Crippen LogP contribution >= 0.6 is 11.6 Å². The summed E-state index contributed by atoms with van der Waals surface area (Å²) >= 11 is 5.73. The van der Waals surface area contributed by atoms with Gasteiger partial charge in [0.15, 0.2) is 0 Å².